The maximum atomic E-state index is 12.3. The first kappa shape index (κ1) is 17.0. The normalized spacial score (nSPS) is 11.2. The van der Waals surface area contributed by atoms with E-state index in [1.54, 1.807) is 36.4 Å². The zero-order valence-corrected chi connectivity index (χ0v) is 15.9. The summed E-state index contributed by atoms with van der Waals surface area (Å²) in [7, 11) is -3.81. The molecule has 5 heteroatoms. The molecule has 3 rings (SSSR count). The van der Waals surface area contributed by atoms with Crippen LogP contribution in [0.25, 0.3) is 11.1 Å². The summed E-state index contributed by atoms with van der Waals surface area (Å²) in [5.41, 5.74) is 3.07. The van der Waals surface area contributed by atoms with E-state index in [9.17, 15) is 8.42 Å². The van der Waals surface area contributed by atoms with Crippen molar-refractivity contribution in [2.24, 2.45) is 0 Å². The second-order valence-corrected chi connectivity index (χ2v) is 8.17. The van der Waals surface area contributed by atoms with Gasteiger partial charge in [-0.25, -0.2) is 0 Å². The van der Waals surface area contributed by atoms with Gasteiger partial charge >= 0.3 is 10.1 Å². The van der Waals surface area contributed by atoms with Gasteiger partial charge in [0.05, 0.1) is 0 Å². The summed E-state index contributed by atoms with van der Waals surface area (Å²) >= 11 is 2.26. The van der Waals surface area contributed by atoms with Crippen molar-refractivity contribution in [1.29, 1.82) is 0 Å². The summed E-state index contributed by atoms with van der Waals surface area (Å²) in [6, 6.07) is 21.7. The van der Waals surface area contributed by atoms with Gasteiger partial charge in [-0.15, -0.1) is 0 Å². The van der Waals surface area contributed by atoms with Crippen molar-refractivity contribution in [3.8, 4) is 16.9 Å². The Bertz CT molecular complexity index is 929. The molecule has 3 aromatic rings. The number of benzene rings is 3. The third-order valence-electron chi connectivity index (χ3n) is 3.55. The van der Waals surface area contributed by atoms with Crippen molar-refractivity contribution < 1.29 is 12.6 Å². The van der Waals surface area contributed by atoms with Crippen LogP contribution in [0, 0.1) is 10.5 Å². The molecule has 0 heterocycles. The zero-order chi connectivity index (χ0) is 17.2. The lowest BCUT2D eigenvalue weighted by Crippen LogP contribution is -2.09. The summed E-state index contributed by atoms with van der Waals surface area (Å²) in [6.45, 7) is 1.90. The fourth-order valence-corrected chi connectivity index (χ4v) is 3.51. The fraction of sp³-hybridized carbons (Fsp3) is 0.0526. The minimum absolute atomic E-state index is 0.148. The van der Waals surface area contributed by atoms with Gasteiger partial charge < -0.3 is 4.18 Å². The van der Waals surface area contributed by atoms with Crippen molar-refractivity contribution in [3.05, 3.63) is 81.9 Å². The lowest BCUT2D eigenvalue weighted by atomic mass is 10.1. The molecule has 0 unspecified atom stereocenters. The van der Waals surface area contributed by atoms with Crippen LogP contribution in [0.3, 0.4) is 0 Å². The Morgan fingerprint density at radius 2 is 1.25 bits per heavy atom. The fourth-order valence-electron chi connectivity index (χ4n) is 2.23. The molecule has 3 nitrogen and oxygen atoms in total. The zero-order valence-electron chi connectivity index (χ0n) is 12.9. The summed E-state index contributed by atoms with van der Waals surface area (Å²) in [5, 5.41) is 0. The highest BCUT2D eigenvalue weighted by Gasteiger charge is 2.16. The van der Waals surface area contributed by atoms with E-state index in [1.165, 1.54) is 3.57 Å². The highest BCUT2D eigenvalue weighted by Crippen LogP contribution is 2.25. The Morgan fingerprint density at radius 1 is 0.750 bits per heavy atom. The molecule has 0 atom stereocenters. The molecule has 3 aromatic carbocycles. The van der Waals surface area contributed by atoms with Crippen molar-refractivity contribution in [2.75, 3.05) is 0 Å². The SMILES string of the molecule is Cc1ccc(S(=O)(=O)Oc2ccc(-c3ccc(I)cc3)cc2)cc1. The Hall–Kier alpha value is -1.86. The van der Waals surface area contributed by atoms with Crippen LogP contribution in [0.15, 0.2) is 77.7 Å². The van der Waals surface area contributed by atoms with E-state index < -0.39 is 10.1 Å². The number of halogens is 1. The Kier molecular flexibility index (Phi) is 4.91. The average molecular weight is 450 g/mol. The van der Waals surface area contributed by atoms with Crippen LogP contribution in [0.5, 0.6) is 5.75 Å². The standard InChI is InChI=1S/C19H15IO3S/c1-14-2-12-19(13-3-14)24(21,22)23-18-10-6-16(7-11-18)15-4-8-17(20)9-5-15/h2-13H,1H3. The number of rotatable bonds is 4. The maximum Gasteiger partial charge on any atom is 0.339 e. The molecular weight excluding hydrogens is 435 g/mol. The van der Waals surface area contributed by atoms with E-state index >= 15 is 0 Å². The maximum absolute atomic E-state index is 12.3. The molecule has 0 aliphatic heterocycles. The lowest BCUT2D eigenvalue weighted by Gasteiger charge is -2.08. The van der Waals surface area contributed by atoms with Crippen LogP contribution in [0.2, 0.25) is 0 Å². The highest BCUT2D eigenvalue weighted by atomic mass is 127. The molecule has 0 aromatic heterocycles. The van der Waals surface area contributed by atoms with E-state index in [0.29, 0.717) is 5.75 Å². The predicted molar refractivity (Wildman–Crippen MR) is 104 cm³/mol. The molecule has 0 amide bonds. The first-order valence-electron chi connectivity index (χ1n) is 7.31. The van der Waals surface area contributed by atoms with Crippen molar-refractivity contribution in [1.82, 2.24) is 0 Å². The van der Waals surface area contributed by atoms with Crippen LogP contribution in [-0.4, -0.2) is 8.42 Å². The molecule has 122 valence electrons. The molecule has 0 aliphatic rings. The largest absolute Gasteiger partial charge is 0.379 e. The third-order valence-corrected chi connectivity index (χ3v) is 5.53. The van der Waals surface area contributed by atoms with Crippen LogP contribution < -0.4 is 4.18 Å². The van der Waals surface area contributed by atoms with Crippen LogP contribution in [-0.2, 0) is 10.1 Å². The molecule has 0 aliphatic carbocycles. The Labute approximate surface area is 155 Å². The monoisotopic (exact) mass is 450 g/mol. The molecular formula is C19H15IO3S. The molecule has 0 saturated carbocycles. The van der Waals surface area contributed by atoms with Crippen molar-refractivity contribution in [3.63, 3.8) is 0 Å². The summed E-state index contributed by atoms with van der Waals surface area (Å²) in [4.78, 5) is 0.148. The molecule has 0 spiro atoms. The van der Waals surface area contributed by atoms with Gasteiger partial charge in [0.2, 0.25) is 0 Å². The first-order valence-corrected chi connectivity index (χ1v) is 9.80. The van der Waals surface area contributed by atoms with Gasteiger partial charge in [0, 0.05) is 3.57 Å². The van der Waals surface area contributed by atoms with E-state index in [0.717, 1.165) is 16.7 Å². The van der Waals surface area contributed by atoms with Gasteiger partial charge in [-0.2, -0.15) is 8.42 Å². The van der Waals surface area contributed by atoms with Crippen LogP contribution in [0.4, 0.5) is 0 Å². The van der Waals surface area contributed by atoms with Crippen molar-refractivity contribution >= 4 is 32.7 Å². The lowest BCUT2D eigenvalue weighted by molar-refractivity contribution is 0.486. The minimum Gasteiger partial charge on any atom is -0.379 e. The molecule has 0 fully saturated rings. The molecule has 0 N–H and O–H groups in total. The second kappa shape index (κ2) is 6.94. The quantitative estimate of drug-likeness (QED) is 0.414. The van der Waals surface area contributed by atoms with E-state index in [1.807, 2.05) is 43.3 Å². The third kappa shape index (κ3) is 3.96. The average Bonchev–Trinajstić information content (AvgIpc) is 2.56. The molecule has 0 radical (unpaired) electrons. The van der Waals surface area contributed by atoms with Gasteiger partial charge in [0.25, 0.3) is 0 Å². The van der Waals surface area contributed by atoms with E-state index in [2.05, 4.69) is 22.6 Å². The van der Waals surface area contributed by atoms with Gasteiger partial charge in [-0.05, 0) is 77.0 Å². The topological polar surface area (TPSA) is 43.4 Å². The molecule has 0 saturated heterocycles. The number of hydrogen-bond donors (Lipinski definition) is 0. The van der Waals surface area contributed by atoms with Crippen molar-refractivity contribution in [2.45, 2.75) is 11.8 Å². The van der Waals surface area contributed by atoms with Gasteiger partial charge in [-0.3, -0.25) is 0 Å². The number of aryl methyl sites for hydroxylation is 1. The second-order valence-electron chi connectivity index (χ2n) is 5.38. The first-order chi connectivity index (χ1) is 11.4. The van der Waals surface area contributed by atoms with E-state index in [-0.39, 0.29) is 4.90 Å². The Balaban J connectivity index is 1.81. The van der Waals surface area contributed by atoms with Gasteiger partial charge in [0.1, 0.15) is 10.6 Å². The van der Waals surface area contributed by atoms with Crippen LogP contribution >= 0.6 is 22.6 Å². The van der Waals surface area contributed by atoms with Gasteiger partial charge in [0.15, 0.2) is 0 Å². The summed E-state index contributed by atoms with van der Waals surface area (Å²) < 4.78 is 30.9. The number of hydrogen-bond acceptors (Lipinski definition) is 3. The van der Waals surface area contributed by atoms with Gasteiger partial charge in [-0.1, -0.05) is 42.0 Å². The smallest absolute Gasteiger partial charge is 0.339 e. The molecule has 0 bridgehead atoms. The van der Waals surface area contributed by atoms with E-state index in [4.69, 9.17) is 4.18 Å². The minimum atomic E-state index is -3.81. The summed E-state index contributed by atoms with van der Waals surface area (Å²) in [6.07, 6.45) is 0. The van der Waals surface area contributed by atoms with Crippen LogP contribution in [0.1, 0.15) is 5.56 Å². The summed E-state index contributed by atoms with van der Waals surface area (Å²) in [5.74, 6) is 0.296. The predicted octanol–water partition coefficient (Wildman–Crippen LogP) is 5.03. The highest BCUT2D eigenvalue weighted by molar-refractivity contribution is 14.1. The molecule has 24 heavy (non-hydrogen) atoms. The Morgan fingerprint density at radius 3 is 1.79 bits per heavy atom.